The number of nitrogens with zero attached hydrogens (tertiary/aromatic N) is 4. The molecule has 1 spiro atoms. The summed E-state index contributed by atoms with van der Waals surface area (Å²) in [5.41, 5.74) is 5.49. The third kappa shape index (κ3) is 3.58. The molecule has 2 aromatic carbocycles. The molecule has 4 aromatic rings. The Labute approximate surface area is 211 Å². The molecule has 2 amide bonds. The Kier molecular flexibility index (Phi) is 4.91. The van der Waals surface area contributed by atoms with Crippen LogP contribution in [0.1, 0.15) is 43.4 Å². The highest BCUT2D eigenvalue weighted by atomic mass is 16.2. The van der Waals surface area contributed by atoms with Crippen molar-refractivity contribution in [2.45, 2.75) is 56.0 Å². The lowest BCUT2D eigenvalue weighted by Crippen LogP contribution is -2.58. The second-order valence-electron chi connectivity index (χ2n) is 11.0. The molecule has 3 aliphatic rings. The SMILES string of the molecule is O=C(NC1(Cc2ccccc2)CCC1)N1CCC2(CCn3nc(-c4cnc5ccccc5c4)cc32)C1. The first-order valence-electron chi connectivity index (χ1n) is 13.2. The summed E-state index contributed by atoms with van der Waals surface area (Å²) in [5.74, 6) is 0. The summed E-state index contributed by atoms with van der Waals surface area (Å²) in [5, 5.41) is 9.52. The van der Waals surface area contributed by atoms with Crippen molar-refractivity contribution < 1.29 is 4.79 Å². The predicted octanol–water partition coefficient (Wildman–Crippen LogP) is 5.32. The third-order valence-electron chi connectivity index (χ3n) is 8.72. The second kappa shape index (κ2) is 8.19. The summed E-state index contributed by atoms with van der Waals surface area (Å²) in [6, 6.07) is 23.2. The van der Waals surface area contributed by atoms with Crippen LogP contribution >= 0.6 is 0 Å². The average Bonchev–Trinajstić information content (AvgIpc) is 3.60. The number of rotatable bonds is 4. The van der Waals surface area contributed by atoms with Crippen LogP contribution in [0.4, 0.5) is 4.79 Å². The van der Waals surface area contributed by atoms with Gasteiger partial charge in [-0.3, -0.25) is 9.67 Å². The number of likely N-dealkylation sites (tertiary alicyclic amines) is 1. The van der Waals surface area contributed by atoms with Crippen molar-refractivity contribution in [1.82, 2.24) is 25.0 Å². The Balaban J connectivity index is 1.09. The van der Waals surface area contributed by atoms with Crippen LogP contribution in [0, 0.1) is 0 Å². The van der Waals surface area contributed by atoms with Crippen molar-refractivity contribution in [3.8, 4) is 11.3 Å². The first-order chi connectivity index (χ1) is 17.6. The Bertz CT molecular complexity index is 1440. The van der Waals surface area contributed by atoms with E-state index in [1.54, 1.807) is 0 Å². The van der Waals surface area contributed by atoms with E-state index >= 15 is 0 Å². The summed E-state index contributed by atoms with van der Waals surface area (Å²) in [7, 11) is 0. The summed E-state index contributed by atoms with van der Waals surface area (Å²) >= 11 is 0. The lowest BCUT2D eigenvalue weighted by molar-refractivity contribution is 0.154. The number of carbonyl (C=O) groups excluding carboxylic acids is 1. The van der Waals surface area contributed by atoms with Gasteiger partial charge in [-0.05, 0) is 62.3 Å². The van der Waals surface area contributed by atoms with Crippen LogP contribution < -0.4 is 5.32 Å². The minimum atomic E-state index is -0.0953. The van der Waals surface area contributed by atoms with Gasteiger partial charge in [0, 0.05) is 53.4 Å². The quantitative estimate of drug-likeness (QED) is 0.433. The Morgan fingerprint density at radius 3 is 2.58 bits per heavy atom. The molecule has 36 heavy (non-hydrogen) atoms. The van der Waals surface area contributed by atoms with Gasteiger partial charge in [-0.2, -0.15) is 5.10 Å². The van der Waals surface area contributed by atoms with Crippen molar-refractivity contribution in [2.24, 2.45) is 0 Å². The molecule has 2 fully saturated rings. The van der Waals surface area contributed by atoms with Crippen molar-refractivity contribution in [3.05, 3.63) is 84.2 Å². The van der Waals surface area contributed by atoms with Gasteiger partial charge < -0.3 is 10.2 Å². The molecule has 0 bridgehead atoms. The fourth-order valence-corrected chi connectivity index (χ4v) is 6.52. The third-order valence-corrected chi connectivity index (χ3v) is 8.72. The Morgan fingerprint density at radius 2 is 1.75 bits per heavy atom. The Hall–Kier alpha value is -3.67. The fourth-order valence-electron chi connectivity index (χ4n) is 6.52. The summed E-state index contributed by atoms with van der Waals surface area (Å²) < 4.78 is 2.16. The predicted molar refractivity (Wildman–Crippen MR) is 141 cm³/mol. The van der Waals surface area contributed by atoms with Gasteiger partial charge in [0.2, 0.25) is 0 Å². The van der Waals surface area contributed by atoms with E-state index in [0.29, 0.717) is 0 Å². The van der Waals surface area contributed by atoms with Crippen LogP contribution in [0.15, 0.2) is 72.9 Å². The van der Waals surface area contributed by atoms with Gasteiger partial charge in [-0.25, -0.2) is 4.79 Å². The van der Waals surface area contributed by atoms with Crippen molar-refractivity contribution in [1.29, 1.82) is 0 Å². The number of urea groups is 1. The van der Waals surface area contributed by atoms with Crippen molar-refractivity contribution in [2.75, 3.05) is 13.1 Å². The topological polar surface area (TPSA) is 63.1 Å². The molecule has 1 N–H and O–H groups in total. The molecule has 1 atom stereocenters. The highest BCUT2D eigenvalue weighted by Crippen LogP contribution is 2.44. The van der Waals surface area contributed by atoms with E-state index in [1.807, 2.05) is 35.4 Å². The monoisotopic (exact) mass is 477 g/mol. The van der Waals surface area contributed by atoms with Crippen molar-refractivity contribution >= 4 is 16.9 Å². The number of hydrogen-bond donors (Lipinski definition) is 1. The standard InChI is InChI=1S/C30H31N5O/c36-28(32-30(11-6-12-30)19-22-7-2-1-3-8-22)34-15-13-29(21-34)14-16-35-27(29)18-26(33-35)24-17-23-9-4-5-10-25(23)31-20-24/h1-5,7-10,17-18,20H,6,11-16,19,21H2,(H,32,36). The number of pyridine rings is 1. The van der Waals surface area contributed by atoms with Crippen LogP contribution in [0.3, 0.4) is 0 Å². The number of amides is 2. The molecule has 182 valence electrons. The van der Waals surface area contributed by atoms with Crippen LogP contribution in [0.5, 0.6) is 0 Å². The van der Waals surface area contributed by atoms with E-state index in [2.05, 4.69) is 57.4 Å². The summed E-state index contributed by atoms with van der Waals surface area (Å²) in [4.78, 5) is 20.1. The highest BCUT2D eigenvalue weighted by molar-refractivity contribution is 5.83. The minimum absolute atomic E-state index is 0.000919. The summed E-state index contributed by atoms with van der Waals surface area (Å²) in [6.45, 7) is 2.47. The smallest absolute Gasteiger partial charge is 0.317 e. The van der Waals surface area contributed by atoms with Gasteiger partial charge in [-0.1, -0.05) is 48.5 Å². The maximum atomic E-state index is 13.4. The Morgan fingerprint density at radius 1 is 0.944 bits per heavy atom. The first kappa shape index (κ1) is 21.6. The van der Waals surface area contributed by atoms with Gasteiger partial charge in [-0.15, -0.1) is 0 Å². The number of fused-ring (bicyclic) bond motifs is 3. The maximum absolute atomic E-state index is 13.4. The van der Waals surface area contributed by atoms with Crippen LogP contribution in [-0.4, -0.2) is 44.3 Å². The number of nitrogens with one attached hydrogen (secondary N) is 1. The number of aromatic nitrogens is 3. The molecule has 0 radical (unpaired) electrons. The maximum Gasteiger partial charge on any atom is 0.317 e. The first-order valence-corrected chi connectivity index (χ1v) is 13.2. The molecule has 1 saturated carbocycles. The summed E-state index contributed by atoms with van der Waals surface area (Å²) in [6.07, 6.45) is 8.17. The lowest BCUT2D eigenvalue weighted by Gasteiger charge is -2.43. The van der Waals surface area contributed by atoms with E-state index in [0.717, 1.165) is 73.9 Å². The van der Waals surface area contributed by atoms with E-state index in [4.69, 9.17) is 5.10 Å². The van der Waals surface area contributed by atoms with E-state index in [1.165, 1.54) is 17.7 Å². The molecule has 1 saturated heterocycles. The zero-order valence-corrected chi connectivity index (χ0v) is 20.5. The number of carbonyl (C=O) groups is 1. The normalized spacial score (nSPS) is 22.1. The number of hydrogen-bond acceptors (Lipinski definition) is 3. The second-order valence-corrected chi connectivity index (χ2v) is 11.0. The van der Waals surface area contributed by atoms with E-state index < -0.39 is 0 Å². The molecule has 4 heterocycles. The zero-order valence-electron chi connectivity index (χ0n) is 20.5. The molecular formula is C30H31N5O. The fraction of sp³-hybridized carbons (Fsp3) is 0.367. The molecule has 2 aromatic heterocycles. The zero-order chi connectivity index (χ0) is 24.2. The van der Waals surface area contributed by atoms with Crippen LogP contribution in [-0.2, 0) is 18.4 Å². The van der Waals surface area contributed by atoms with Crippen molar-refractivity contribution in [3.63, 3.8) is 0 Å². The van der Waals surface area contributed by atoms with Crippen LogP contribution in [0.25, 0.3) is 22.2 Å². The number of benzene rings is 2. The molecule has 1 aliphatic carbocycles. The average molecular weight is 478 g/mol. The minimum Gasteiger partial charge on any atom is -0.332 e. The van der Waals surface area contributed by atoms with Gasteiger partial charge >= 0.3 is 6.03 Å². The lowest BCUT2D eigenvalue weighted by atomic mass is 9.73. The molecule has 2 aliphatic heterocycles. The van der Waals surface area contributed by atoms with E-state index in [-0.39, 0.29) is 17.0 Å². The van der Waals surface area contributed by atoms with Gasteiger partial charge in [0.25, 0.3) is 0 Å². The number of para-hydroxylation sites is 1. The largest absolute Gasteiger partial charge is 0.332 e. The van der Waals surface area contributed by atoms with Gasteiger partial charge in [0.05, 0.1) is 11.2 Å². The number of aryl methyl sites for hydroxylation is 1. The molecule has 7 rings (SSSR count). The molecular weight excluding hydrogens is 446 g/mol. The molecule has 1 unspecified atom stereocenters. The molecule has 6 heteroatoms. The van der Waals surface area contributed by atoms with Crippen LogP contribution in [0.2, 0.25) is 0 Å². The van der Waals surface area contributed by atoms with Gasteiger partial charge in [0.1, 0.15) is 0 Å². The van der Waals surface area contributed by atoms with Gasteiger partial charge in [0.15, 0.2) is 0 Å². The highest BCUT2D eigenvalue weighted by Gasteiger charge is 2.48. The molecule has 6 nitrogen and oxygen atoms in total. The van der Waals surface area contributed by atoms with E-state index in [9.17, 15) is 4.79 Å².